The predicted octanol–water partition coefficient (Wildman–Crippen LogP) is 2.68. The van der Waals surface area contributed by atoms with Gasteiger partial charge in [0, 0.05) is 18.7 Å². The van der Waals surface area contributed by atoms with Gasteiger partial charge in [-0.1, -0.05) is 25.7 Å². The van der Waals surface area contributed by atoms with Crippen LogP contribution in [0.15, 0.2) is 18.2 Å². The van der Waals surface area contributed by atoms with Crippen LogP contribution in [0.1, 0.15) is 43.1 Å². The van der Waals surface area contributed by atoms with E-state index in [1.54, 1.807) is 11.9 Å². The number of amides is 1. The molecule has 0 fully saturated rings. The molecule has 1 atom stereocenters. The third-order valence-corrected chi connectivity index (χ3v) is 3.31. The van der Waals surface area contributed by atoms with Crippen molar-refractivity contribution in [1.29, 1.82) is 0 Å². The second-order valence-electron chi connectivity index (χ2n) is 5.54. The smallest absolute Gasteiger partial charge is 0.255 e. The van der Waals surface area contributed by atoms with Gasteiger partial charge in [0.2, 0.25) is 0 Å². The second kappa shape index (κ2) is 7.80. The minimum absolute atomic E-state index is 0.0550. The fraction of sp³-hybridized carbons (Fsp3) is 0.471. The van der Waals surface area contributed by atoms with Crippen molar-refractivity contribution in [1.82, 2.24) is 4.90 Å². The molecule has 0 heterocycles. The highest BCUT2D eigenvalue weighted by molar-refractivity contribution is 5.96. The van der Waals surface area contributed by atoms with Gasteiger partial charge < -0.3 is 10.0 Å². The molecule has 114 valence electrons. The number of aliphatic hydroxyl groups is 1. The second-order valence-corrected chi connectivity index (χ2v) is 5.54. The molecule has 21 heavy (non-hydrogen) atoms. The van der Waals surface area contributed by atoms with Crippen molar-refractivity contribution in [2.75, 3.05) is 13.7 Å². The monoisotopic (exact) mass is 291 g/mol. The van der Waals surface area contributed by atoms with Crippen LogP contribution in [0.3, 0.4) is 0 Å². The highest BCUT2D eigenvalue weighted by Crippen LogP contribution is 2.17. The summed E-state index contributed by atoms with van der Waals surface area (Å²) in [5.74, 6) is 4.92. The summed E-state index contributed by atoms with van der Waals surface area (Å²) in [4.78, 5) is 14.1. The Labute approximate surface area is 125 Å². The molecule has 0 bridgehead atoms. The number of nitrogens with zero attached hydrogens (tertiary/aromatic N) is 1. The number of hydrogen-bond donors (Lipinski definition) is 1. The van der Waals surface area contributed by atoms with Gasteiger partial charge in [-0.3, -0.25) is 4.79 Å². The highest BCUT2D eigenvalue weighted by atomic mass is 19.1. The van der Waals surface area contributed by atoms with Crippen LogP contribution in [-0.2, 0) is 0 Å². The molecule has 3 nitrogen and oxygen atoms in total. The molecule has 1 rings (SSSR count). The lowest BCUT2D eigenvalue weighted by Gasteiger charge is -2.26. The van der Waals surface area contributed by atoms with E-state index in [-0.39, 0.29) is 24.1 Å². The van der Waals surface area contributed by atoms with Crippen LogP contribution < -0.4 is 0 Å². The van der Waals surface area contributed by atoms with E-state index in [0.29, 0.717) is 11.5 Å². The zero-order valence-corrected chi connectivity index (χ0v) is 13.0. The summed E-state index contributed by atoms with van der Waals surface area (Å²) < 4.78 is 13.4. The van der Waals surface area contributed by atoms with Gasteiger partial charge in [-0.25, -0.2) is 4.39 Å². The van der Waals surface area contributed by atoms with Gasteiger partial charge in [-0.15, -0.1) is 0 Å². The molecule has 0 aliphatic rings. The maximum absolute atomic E-state index is 13.4. The summed E-state index contributed by atoms with van der Waals surface area (Å²) in [7, 11) is 1.71. The maximum Gasteiger partial charge on any atom is 0.255 e. The molecule has 0 saturated heterocycles. The van der Waals surface area contributed by atoms with E-state index in [4.69, 9.17) is 5.11 Å². The van der Waals surface area contributed by atoms with Crippen molar-refractivity contribution in [3.8, 4) is 11.8 Å². The molecule has 0 aromatic heterocycles. The molecule has 1 N–H and O–H groups in total. The first-order valence-corrected chi connectivity index (χ1v) is 7.03. The lowest BCUT2D eigenvalue weighted by Crippen LogP contribution is -2.36. The van der Waals surface area contributed by atoms with Crippen molar-refractivity contribution in [3.05, 3.63) is 35.1 Å². The number of halogens is 1. The molecule has 0 spiro atoms. The average molecular weight is 291 g/mol. The van der Waals surface area contributed by atoms with E-state index in [2.05, 4.69) is 25.7 Å². The molecule has 4 heteroatoms. The summed E-state index contributed by atoms with van der Waals surface area (Å²) in [5.41, 5.74) is 0.660. The molecule has 1 unspecified atom stereocenters. The molecule has 0 radical (unpaired) electrons. The SMILES string of the molecule is CC(C)CC(C)N(C)C(=O)c1cc(F)ccc1C#CCO. The first-order valence-electron chi connectivity index (χ1n) is 7.03. The van der Waals surface area contributed by atoms with E-state index in [1.807, 2.05) is 6.92 Å². The first-order chi connectivity index (χ1) is 9.86. The Morgan fingerprint density at radius 3 is 2.62 bits per heavy atom. The number of rotatable bonds is 4. The summed E-state index contributed by atoms with van der Waals surface area (Å²) in [6.45, 7) is 5.85. The van der Waals surface area contributed by atoms with Gasteiger partial charge >= 0.3 is 0 Å². The number of aliphatic hydroxyl groups excluding tert-OH is 1. The van der Waals surface area contributed by atoms with Crippen LogP contribution in [0.4, 0.5) is 4.39 Å². The fourth-order valence-electron chi connectivity index (χ4n) is 2.17. The largest absolute Gasteiger partial charge is 0.384 e. The van der Waals surface area contributed by atoms with Crippen LogP contribution >= 0.6 is 0 Å². The van der Waals surface area contributed by atoms with Crippen LogP contribution in [0.25, 0.3) is 0 Å². The van der Waals surface area contributed by atoms with Gasteiger partial charge in [0.1, 0.15) is 12.4 Å². The van der Waals surface area contributed by atoms with E-state index >= 15 is 0 Å². The summed E-state index contributed by atoms with van der Waals surface area (Å²) >= 11 is 0. The molecular weight excluding hydrogens is 269 g/mol. The third-order valence-electron chi connectivity index (χ3n) is 3.31. The Morgan fingerprint density at radius 1 is 1.38 bits per heavy atom. The highest BCUT2D eigenvalue weighted by Gasteiger charge is 2.21. The summed E-state index contributed by atoms with van der Waals surface area (Å²) in [5, 5.41) is 8.77. The van der Waals surface area contributed by atoms with Gasteiger partial charge in [0.05, 0.1) is 5.56 Å². The van der Waals surface area contributed by atoms with Gasteiger partial charge in [-0.05, 0) is 37.5 Å². The first kappa shape index (κ1) is 17.2. The predicted molar refractivity (Wildman–Crippen MR) is 81.4 cm³/mol. The van der Waals surface area contributed by atoms with Crippen molar-refractivity contribution in [2.45, 2.75) is 33.2 Å². The van der Waals surface area contributed by atoms with Crippen molar-refractivity contribution < 1.29 is 14.3 Å². The Morgan fingerprint density at radius 2 is 2.05 bits per heavy atom. The minimum atomic E-state index is -0.474. The van der Waals surface area contributed by atoms with Gasteiger partial charge in [0.15, 0.2) is 0 Å². The van der Waals surface area contributed by atoms with Crippen LogP contribution in [0, 0.1) is 23.6 Å². The molecule has 0 aliphatic carbocycles. The molecule has 0 aliphatic heterocycles. The number of carbonyl (C=O) groups is 1. The van der Waals surface area contributed by atoms with E-state index in [1.165, 1.54) is 18.2 Å². The maximum atomic E-state index is 13.4. The molecule has 1 aromatic rings. The fourth-order valence-corrected chi connectivity index (χ4v) is 2.17. The molecule has 1 amide bonds. The lowest BCUT2D eigenvalue weighted by atomic mass is 10.0. The lowest BCUT2D eigenvalue weighted by molar-refractivity contribution is 0.0727. The molecule has 1 aromatic carbocycles. The standard InChI is InChI=1S/C17H22FNO2/c1-12(2)10-13(3)19(4)17(21)16-11-15(18)8-7-14(16)6-5-9-20/h7-8,11-13,20H,9-10H2,1-4H3. The van der Waals surface area contributed by atoms with Crippen LogP contribution in [0.2, 0.25) is 0 Å². The van der Waals surface area contributed by atoms with E-state index in [9.17, 15) is 9.18 Å². The number of carbonyl (C=O) groups excluding carboxylic acids is 1. The minimum Gasteiger partial charge on any atom is -0.384 e. The van der Waals surface area contributed by atoms with E-state index in [0.717, 1.165) is 6.42 Å². The summed E-state index contributed by atoms with van der Waals surface area (Å²) in [6.07, 6.45) is 0.870. The number of hydrogen-bond acceptors (Lipinski definition) is 2. The van der Waals surface area contributed by atoms with Gasteiger partial charge in [0.25, 0.3) is 5.91 Å². The zero-order valence-electron chi connectivity index (χ0n) is 13.0. The van der Waals surface area contributed by atoms with Gasteiger partial charge in [-0.2, -0.15) is 0 Å². The van der Waals surface area contributed by atoms with Crippen molar-refractivity contribution in [3.63, 3.8) is 0 Å². The zero-order chi connectivity index (χ0) is 16.0. The van der Waals surface area contributed by atoms with Crippen LogP contribution in [-0.4, -0.2) is 35.6 Å². The Balaban J connectivity index is 3.08. The average Bonchev–Trinajstić information content (AvgIpc) is 2.43. The topological polar surface area (TPSA) is 40.5 Å². The van der Waals surface area contributed by atoms with E-state index < -0.39 is 5.82 Å². The molecule has 0 saturated carbocycles. The summed E-state index contributed by atoms with van der Waals surface area (Å²) in [6, 6.07) is 3.98. The van der Waals surface area contributed by atoms with Crippen molar-refractivity contribution in [2.24, 2.45) is 5.92 Å². The molecular formula is C17H22FNO2. The Bertz CT molecular complexity index is 558. The normalized spacial score (nSPS) is 11.8. The van der Waals surface area contributed by atoms with Crippen LogP contribution in [0.5, 0.6) is 0 Å². The Hall–Kier alpha value is -1.86. The van der Waals surface area contributed by atoms with Crippen molar-refractivity contribution >= 4 is 5.91 Å². The number of benzene rings is 1. The Kier molecular flexibility index (Phi) is 6.39. The quantitative estimate of drug-likeness (QED) is 0.866. The third kappa shape index (κ3) is 4.87.